The number of allylic oxidation sites excluding steroid dienone is 1. The highest BCUT2D eigenvalue weighted by atomic mass is 32.2. The summed E-state index contributed by atoms with van der Waals surface area (Å²) in [5.41, 5.74) is 0. The number of ether oxygens (including phenoxy) is 1. The van der Waals surface area contributed by atoms with E-state index in [2.05, 4.69) is 17.6 Å². The Kier molecular flexibility index (Phi) is 5.71. The summed E-state index contributed by atoms with van der Waals surface area (Å²) in [6.07, 6.45) is 7.81. The van der Waals surface area contributed by atoms with E-state index in [1.54, 1.807) is 0 Å². The molecule has 1 aliphatic heterocycles. The van der Waals surface area contributed by atoms with Gasteiger partial charge in [-0.3, -0.25) is 0 Å². The van der Waals surface area contributed by atoms with Crippen LogP contribution < -0.4 is 0 Å². The molecule has 13 heavy (non-hydrogen) atoms. The minimum atomic E-state index is 0.803. The molecule has 0 N–H and O–H groups in total. The van der Waals surface area contributed by atoms with E-state index in [0.717, 1.165) is 31.3 Å². The lowest BCUT2D eigenvalue weighted by molar-refractivity contribution is 0.0673. The molecular weight excluding hydrogens is 182 g/mol. The monoisotopic (exact) mass is 197 g/mol. The molecule has 1 rings (SSSR count). The lowest BCUT2D eigenvalue weighted by atomic mass is 9.96. The third-order valence-electron chi connectivity index (χ3n) is 2.22. The zero-order valence-electron chi connectivity index (χ0n) is 7.74. The lowest BCUT2D eigenvalue weighted by Gasteiger charge is -2.20. The van der Waals surface area contributed by atoms with Gasteiger partial charge in [-0.2, -0.15) is 5.26 Å². The number of nitriles is 1. The van der Waals surface area contributed by atoms with Gasteiger partial charge in [0.15, 0.2) is 0 Å². The highest BCUT2D eigenvalue weighted by molar-refractivity contribution is 8.03. The normalized spacial score (nSPS) is 19.0. The molecule has 0 aliphatic carbocycles. The molecule has 2 nitrogen and oxygen atoms in total. The molecule has 0 saturated carbocycles. The minimum absolute atomic E-state index is 0.803. The van der Waals surface area contributed by atoms with Crippen LogP contribution >= 0.6 is 11.8 Å². The summed E-state index contributed by atoms with van der Waals surface area (Å²) in [7, 11) is 0. The van der Waals surface area contributed by atoms with E-state index < -0.39 is 0 Å². The molecule has 1 saturated heterocycles. The van der Waals surface area contributed by atoms with Crippen LogP contribution in [0, 0.1) is 16.6 Å². The van der Waals surface area contributed by atoms with Gasteiger partial charge < -0.3 is 4.74 Å². The Hall–Kier alpha value is -0.460. The van der Waals surface area contributed by atoms with E-state index in [4.69, 9.17) is 10.00 Å². The number of hydrogen-bond donors (Lipinski definition) is 0. The van der Waals surface area contributed by atoms with Crippen molar-refractivity contribution in [1.82, 2.24) is 0 Å². The van der Waals surface area contributed by atoms with Gasteiger partial charge in [-0.05, 0) is 36.9 Å². The van der Waals surface area contributed by atoms with Crippen LogP contribution in [0.25, 0.3) is 0 Å². The molecule has 0 aromatic heterocycles. The third-order valence-corrected chi connectivity index (χ3v) is 2.71. The Bertz CT molecular complexity index is 192. The highest BCUT2D eigenvalue weighted by Crippen LogP contribution is 2.18. The number of rotatable bonds is 4. The fourth-order valence-electron chi connectivity index (χ4n) is 1.42. The second-order valence-corrected chi connectivity index (χ2v) is 3.97. The first kappa shape index (κ1) is 10.6. The van der Waals surface area contributed by atoms with Gasteiger partial charge >= 0.3 is 0 Å². The van der Waals surface area contributed by atoms with Crippen molar-refractivity contribution in [3.63, 3.8) is 0 Å². The molecule has 1 heterocycles. The Morgan fingerprint density at radius 3 is 2.85 bits per heavy atom. The molecule has 0 unspecified atom stereocenters. The van der Waals surface area contributed by atoms with Crippen LogP contribution in [0.5, 0.6) is 0 Å². The predicted octanol–water partition coefficient (Wildman–Crippen LogP) is 2.57. The summed E-state index contributed by atoms with van der Waals surface area (Å²) in [4.78, 5) is 0. The van der Waals surface area contributed by atoms with Crippen LogP contribution in [-0.2, 0) is 4.74 Å². The number of hydrogen-bond acceptors (Lipinski definition) is 3. The molecule has 72 valence electrons. The quantitative estimate of drug-likeness (QED) is 0.394. The fourth-order valence-corrected chi connectivity index (χ4v) is 1.73. The molecule has 0 aromatic carbocycles. The molecule has 1 aliphatic rings. The van der Waals surface area contributed by atoms with Gasteiger partial charge in [0.05, 0.1) is 0 Å². The van der Waals surface area contributed by atoms with Gasteiger partial charge in [0.2, 0.25) is 0 Å². The topological polar surface area (TPSA) is 33.0 Å². The van der Waals surface area contributed by atoms with Crippen molar-refractivity contribution in [1.29, 1.82) is 5.26 Å². The average Bonchev–Trinajstić information content (AvgIpc) is 2.19. The summed E-state index contributed by atoms with van der Waals surface area (Å²) >= 11 is 1.29. The van der Waals surface area contributed by atoms with Gasteiger partial charge in [-0.25, -0.2) is 0 Å². The van der Waals surface area contributed by atoms with E-state index in [-0.39, 0.29) is 0 Å². The van der Waals surface area contributed by atoms with Crippen molar-refractivity contribution >= 4 is 11.8 Å². The van der Waals surface area contributed by atoms with Crippen molar-refractivity contribution in [2.75, 3.05) is 19.0 Å². The second kappa shape index (κ2) is 6.99. The van der Waals surface area contributed by atoms with Crippen LogP contribution in [0.2, 0.25) is 0 Å². The van der Waals surface area contributed by atoms with Crippen LogP contribution in [-0.4, -0.2) is 19.0 Å². The van der Waals surface area contributed by atoms with E-state index in [1.807, 2.05) is 0 Å². The van der Waals surface area contributed by atoms with Gasteiger partial charge in [0, 0.05) is 19.0 Å². The van der Waals surface area contributed by atoms with Crippen molar-refractivity contribution < 1.29 is 4.74 Å². The van der Waals surface area contributed by atoms with E-state index in [0.29, 0.717) is 0 Å². The maximum absolute atomic E-state index is 8.28. The third kappa shape index (κ3) is 4.97. The first-order valence-electron chi connectivity index (χ1n) is 4.67. The Morgan fingerprint density at radius 1 is 1.38 bits per heavy atom. The van der Waals surface area contributed by atoms with Gasteiger partial charge in [0.25, 0.3) is 0 Å². The van der Waals surface area contributed by atoms with E-state index >= 15 is 0 Å². The molecule has 3 heteroatoms. The first-order chi connectivity index (χ1) is 6.43. The number of nitrogens with zero attached hydrogens (tertiary/aromatic N) is 1. The standard InChI is InChI=1S/C10H15NOS/c11-9-13-8-2-1-3-10-4-6-12-7-5-10/h1-2,10H,3-8H2. The summed E-state index contributed by atoms with van der Waals surface area (Å²) in [6.45, 7) is 1.84. The summed E-state index contributed by atoms with van der Waals surface area (Å²) < 4.78 is 5.27. The van der Waals surface area contributed by atoms with Gasteiger partial charge in [-0.15, -0.1) is 0 Å². The van der Waals surface area contributed by atoms with Crippen LogP contribution in [0.3, 0.4) is 0 Å². The molecule has 0 amide bonds. The van der Waals surface area contributed by atoms with Crippen LogP contribution in [0.1, 0.15) is 19.3 Å². The number of thioether (sulfide) groups is 1. The summed E-state index contributed by atoms with van der Waals surface area (Å²) in [5, 5.41) is 10.3. The summed E-state index contributed by atoms with van der Waals surface area (Å²) in [6, 6.07) is 0. The molecule has 0 atom stereocenters. The molecule has 0 bridgehead atoms. The molecule has 0 radical (unpaired) electrons. The molecule has 1 fully saturated rings. The fraction of sp³-hybridized carbons (Fsp3) is 0.700. The van der Waals surface area contributed by atoms with Gasteiger partial charge in [0.1, 0.15) is 5.40 Å². The summed E-state index contributed by atoms with van der Waals surface area (Å²) in [5.74, 6) is 1.62. The van der Waals surface area contributed by atoms with Crippen molar-refractivity contribution in [3.05, 3.63) is 12.2 Å². The van der Waals surface area contributed by atoms with Crippen molar-refractivity contribution in [2.24, 2.45) is 5.92 Å². The van der Waals surface area contributed by atoms with Crippen molar-refractivity contribution in [3.8, 4) is 5.40 Å². The van der Waals surface area contributed by atoms with Crippen LogP contribution in [0.15, 0.2) is 12.2 Å². The smallest absolute Gasteiger partial charge is 0.133 e. The van der Waals surface area contributed by atoms with E-state index in [9.17, 15) is 0 Å². The Morgan fingerprint density at radius 2 is 2.15 bits per heavy atom. The van der Waals surface area contributed by atoms with Crippen molar-refractivity contribution in [2.45, 2.75) is 19.3 Å². The predicted molar refractivity (Wildman–Crippen MR) is 55.4 cm³/mol. The van der Waals surface area contributed by atoms with E-state index in [1.165, 1.54) is 24.6 Å². The highest BCUT2D eigenvalue weighted by Gasteiger charge is 2.11. The Balaban J connectivity index is 2.03. The SMILES string of the molecule is N#CSCC=CCC1CCOCC1. The molecule has 0 spiro atoms. The zero-order valence-corrected chi connectivity index (χ0v) is 8.55. The van der Waals surface area contributed by atoms with Gasteiger partial charge in [-0.1, -0.05) is 12.2 Å². The Labute approximate surface area is 84.0 Å². The number of thiocyanates is 1. The molecular formula is C10H15NOS. The van der Waals surface area contributed by atoms with Crippen LogP contribution in [0.4, 0.5) is 0 Å². The maximum atomic E-state index is 8.28. The largest absolute Gasteiger partial charge is 0.381 e. The molecule has 0 aromatic rings. The zero-order chi connectivity index (χ0) is 9.36. The second-order valence-electron chi connectivity index (χ2n) is 3.17. The maximum Gasteiger partial charge on any atom is 0.133 e. The first-order valence-corrected chi connectivity index (χ1v) is 5.65. The minimum Gasteiger partial charge on any atom is -0.381 e. The lowest BCUT2D eigenvalue weighted by Crippen LogP contribution is -2.14. The average molecular weight is 197 g/mol.